The Balaban J connectivity index is 1.78. The first-order valence-corrected chi connectivity index (χ1v) is 9.22. The van der Waals surface area contributed by atoms with Gasteiger partial charge in [0.15, 0.2) is 0 Å². The van der Waals surface area contributed by atoms with Crippen LogP contribution in [0.15, 0.2) is 24.3 Å². The molecule has 1 N–H and O–H groups in total. The van der Waals surface area contributed by atoms with Gasteiger partial charge in [-0.15, -0.1) is 0 Å². The van der Waals surface area contributed by atoms with Gasteiger partial charge < -0.3 is 19.7 Å². The predicted octanol–water partition coefficient (Wildman–Crippen LogP) is 3.62. The first-order valence-electron chi connectivity index (χ1n) is 8.84. The molecule has 26 heavy (non-hydrogen) atoms. The van der Waals surface area contributed by atoms with Crippen molar-refractivity contribution in [3.05, 3.63) is 29.3 Å². The van der Waals surface area contributed by atoms with Crippen LogP contribution in [0.25, 0.3) is 0 Å². The van der Waals surface area contributed by atoms with E-state index in [9.17, 15) is 9.59 Å². The van der Waals surface area contributed by atoms with Gasteiger partial charge in [0.1, 0.15) is 23.5 Å². The zero-order valence-corrected chi connectivity index (χ0v) is 16.5. The van der Waals surface area contributed by atoms with Crippen LogP contribution in [0.4, 0.5) is 4.79 Å². The Morgan fingerprint density at radius 1 is 1.19 bits per heavy atom. The van der Waals surface area contributed by atoms with Crippen LogP contribution in [0.2, 0.25) is 5.02 Å². The number of nitrogens with zero attached hydrogens (tertiary/aromatic N) is 1. The number of likely N-dealkylation sites (tertiary alicyclic amines) is 1. The topological polar surface area (TPSA) is 67.9 Å². The lowest BCUT2D eigenvalue weighted by Crippen LogP contribution is -2.51. The summed E-state index contributed by atoms with van der Waals surface area (Å²) in [6, 6.07) is 6.64. The number of halogens is 1. The summed E-state index contributed by atoms with van der Waals surface area (Å²) in [5.74, 6) is 0.667. The molecule has 1 aromatic carbocycles. The van der Waals surface area contributed by atoms with Crippen LogP contribution in [-0.4, -0.2) is 47.7 Å². The van der Waals surface area contributed by atoms with Crippen molar-refractivity contribution >= 4 is 23.6 Å². The van der Waals surface area contributed by atoms with Crippen LogP contribution >= 0.6 is 11.6 Å². The number of alkyl carbamates (subject to hydrolysis) is 1. The third-order valence-corrected chi connectivity index (χ3v) is 4.23. The van der Waals surface area contributed by atoms with Crippen LogP contribution in [0.1, 0.15) is 40.5 Å². The van der Waals surface area contributed by atoms with Crippen molar-refractivity contribution in [2.75, 3.05) is 13.1 Å². The van der Waals surface area contributed by atoms with Gasteiger partial charge >= 0.3 is 6.09 Å². The molecule has 0 bridgehead atoms. The van der Waals surface area contributed by atoms with Gasteiger partial charge in [-0.1, -0.05) is 11.6 Å². The molecular weight excluding hydrogens is 356 g/mol. The Morgan fingerprint density at radius 3 is 2.31 bits per heavy atom. The summed E-state index contributed by atoms with van der Waals surface area (Å²) in [5, 5.41) is 3.26. The lowest BCUT2D eigenvalue weighted by molar-refractivity contribution is -0.134. The molecule has 1 aliphatic rings. The normalized spacial score (nSPS) is 16.7. The summed E-state index contributed by atoms with van der Waals surface area (Å²) in [6.07, 6.45) is 0.967. The highest BCUT2D eigenvalue weighted by molar-refractivity contribution is 6.30. The highest BCUT2D eigenvalue weighted by Gasteiger charge is 2.28. The van der Waals surface area contributed by atoms with Crippen LogP contribution in [0.3, 0.4) is 0 Å². The second-order valence-corrected chi connectivity index (χ2v) is 7.90. The standard InChI is InChI=1S/C19H27ClN2O4/c1-13(21-18(24)26-19(2,3)4)17(23)22-11-9-16(10-12-22)25-15-7-5-14(20)6-8-15/h5-8,13,16H,9-12H2,1-4H3,(H,21,24)/t13-/m0/s1. The van der Waals surface area contributed by atoms with Gasteiger partial charge in [-0.2, -0.15) is 0 Å². The van der Waals surface area contributed by atoms with Crippen LogP contribution in [-0.2, 0) is 9.53 Å². The molecule has 2 rings (SSSR count). The molecule has 1 aromatic rings. The summed E-state index contributed by atoms with van der Waals surface area (Å²) < 4.78 is 11.1. The van der Waals surface area contributed by atoms with Gasteiger partial charge in [-0.3, -0.25) is 4.79 Å². The van der Waals surface area contributed by atoms with Gasteiger partial charge in [0.25, 0.3) is 0 Å². The van der Waals surface area contributed by atoms with E-state index in [1.807, 2.05) is 12.1 Å². The minimum atomic E-state index is -0.626. The fraction of sp³-hybridized carbons (Fsp3) is 0.579. The maximum absolute atomic E-state index is 12.5. The first-order chi connectivity index (χ1) is 12.1. The maximum Gasteiger partial charge on any atom is 0.408 e. The van der Waals surface area contributed by atoms with E-state index in [0.29, 0.717) is 18.1 Å². The number of benzene rings is 1. The van der Waals surface area contributed by atoms with Gasteiger partial charge in [-0.05, 0) is 52.0 Å². The second kappa shape index (κ2) is 8.62. The molecule has 2 amide bonds. The number of nitrogens with one attached hydrogen (secondary N) is 1. The molecular formula is C19H27ClN2O4. The lowest BCUT2D eigenvalue weighted by Gasteiger charge is -2.34. The van der Waals surface area contributed by atoms with Crippen LogP contribution < -0.4 is 10.1 Å². The van der Waals surface area contributed by atoms with E-state index in [4.69, 9.17) is 21.1 Å². The Morgan fingerprint density at radius 2 is 1.77 bits per heavy atom. The third-order valence-electron chi connectivity index (χ3n) is 3.97. The van der Waals surface area contributed by atoms with E-state index in [2.05, 4.69) is 5.32 Å². The monoisotopic (exact) mass is 382 g/mol. The van der Waals surface area contributed by atoms with E-state index in [-0.39, 0.29) is 12.0 Å². The highest BCUT2D eigenvalue weighted by Crippen LogP contribution is 2.21. The minimum Gasteiger partial charge on any atom is -0.490 e. The molecule has 0 spiro atoms. The van der Waals surface area contributed by atoms with E-state index >= 15 is 0 Å². The summed E-state index contributed by atoms with van der Waals surface area (Å²) in [7, 11) is 0. The quantitative estimate of drug-likeness (QED) is 0.863. The average Bonchev–Trinajstić information content (AvgIpc) is 2.55. The van der Waals surface area contributed by atoms with Gasteiger partial charge in [0.05, 0.1) is 0 Å². The van der Waals surface area contributed by atoms with Crippen molar-refractivity contribution in [3.63, 3.8) is 0 Å². The first kappa shape index (κ1) is 20.4. The molecule has 1 atom stereocenters. The summed E-state index contributed by atoms with van der Waals surface area (Å²) in [4.78, 5) is 26.1. The molecule has 0 radical (unpaired) electrons. The number of ether oxygens (including phenoxy) is 2. The second-order valence-electron chi connectivity index (χ2n) is 7.46. The zero-order valence-electron chi connectivity index (χ0n) is 15.8. The number of hydrogen-bond donors (Lipinski definition) is 1. The summed E-state index contributed by atoms with van der Waals surface area (Å²) >= 11 is 5.87. The number of piperidine rings is 1. The molecule has 1 aliphatic heterocycles. The van der Waals surface area contributed by atoms with Crippen molar-refractivity contribution in [2.24, 2.45) is 0 Å². The number of amides is 2. The fourth-order valence-electron chi connectivity index (χ4n) is 2.72. The molecule has 0 aromatic heterocycles. The lowest BCUT2D eigenvalue weighted by atomic mass is 10.1. The van der Waals surface area contributed by atoms with Gasteiger partial charge in [0, 0.05) is 31.0 Å². The number of carbonyl (C=O) groups excluding carboxylic acids is 2. The number of hydrogen-bond acceptors (Lipinski definition) is 4. The Hall–Kier alpha value is -1.95. The molecule has 0 aliphatic carbocycles. The Labute approximate surface area is 159 Å². The zero-order chi connectivity index (χ0) is 19.3. The number of rotatable bonds is 4. The minimum absolute atomic E-state index is 0.0642. The van der Waals surface area contributed by atoms with Crippen molar-refractivity contribution in [3.8, 4) is 5.75 Å². The predicted molar refractivity (Wildman–Crippen MR) is 101 cm³/mol. The molecule has 6 nitrogen and oxygen atoms in total. The summed E-state index contributed by atoms with van der Waals surface area (Å²) in [5.41, 5.74) is -0.593. The molecule has 144 valence electrons. The highest BCUT2D eigenvalue weighted by atomic mass is 35.5. The van der Waals surface area contributed by atoms with Gasteiger partial charge in [-0.25, -0.2) is 4.79 Å². The average molecular weight is 383 g/mol. The summed E-state index contributed by atoms with van der Waals surface area (Å²) in [6.45, 7) is 8.21. The van der Waals surface area contributed by atoms with Crippen LogP contribution in [0.5, 0.6) is 5.75 Å². The van der Waals surface area contributed by atoms with Crippen molar-refractivity contribution in [2.45, 2.75) is 58.3 Å². The van der Waals surface area contributed by atoms with Crippen LogP contribution in [0, 0.1) is 0 Å². The fourth-order valence-corrected chi connectivity index (χ4v) is 2.85. The van der Waals surface area contributed by atoms with Crippen molar-refractivity contribution in [1.29, 1.82) is 0 Å². The SMILES string of the molecule is C[C@H](NC(=O)OC(C)(C)C)C(=O)N1CCC(Oc2ccc(Cl)cc2)CC1. The van der Waals surface area contributed by atoms with E-state index < -0.39 is 17.7 Å². The van der Waals surface area contributed by atoms with E-state index in [0.717, 1.165) is 18.6 Å². The van der Waals surface area contributed by atoms with E-state index in [1.54, 1.807) is 44.7 Å². The van der Waals surface area contributed by atoms with Gasteiger partial charge in [0.2, 0.25) is 5.91 Å². The number of carbonyl (C=O) groups is 2. The smallest absolute Gasteiger partial charge is 0.408 e. The molecule has 0 saturated carbocycles. The molecule has 0 unspecified atom stereocenters. The van der Waals surface area contributed by atoms with E-state index in [1.165, 1.54) is 0 Å². The molecule has 1 fully saturated rings. The molecule has 1 heterocycles. The largest absolute Gasteiger partial charge is 0.490 e. The Bertz CT molecular complexity index is 619. The third kappa shape index (κ3) is 6.41. The molecule has 1 saturated heterocycles. The molecule has 7 heteroatoms. The Kier molecular flexibility index (Phi) is 6.75. The van der Waals surface area contributed by atoms with Crippen molar-refractivity contribution < 1.29 is 19.1 Å². The van der Waals surface area contributed by atoms with Crippen molar-refractivity contribution in [1.82, 2.24) is 10.2 Å². The maximum atomic E-state index is 12.5.